The Morgan fingerprint density at radius 1 is 1.39 bits per heavy atom. The number of rotatable bonds is 9. The Morgan fingerprint density at radius 3 is 2.81 bits per heavy atom. The fourth-order valence-corrected chi connectivity index (χ4v) is 4.23. The standard InChI is InChI=1S/C20H21F2N3O5S/c1-28-14-6-4-12(5-7-14)10-29-20(27)17-13(3-2-8-30-24-9-15(21)22)11-31-19-16(23)18(26)25(17)19/h2-7,9,15-16,19H,8,10-11,23H2,1H3/b3-2-,24-9?/t16-,19-/m1/s1. The van der Waals surface area contributed by atoms with E-state index in [0.29, 0.717) is 23.3 Å². The molecule has 1 saturated heterocycles. The van der Waals surface area contributed by atoms with Crippen LogP contribution in [0.15, 0.2) is 52.8 Å². The molecular weight excluding hydrogens is 432 g/mol. The highest BCUT2D eigenvalue weighted by Gasteiger charge is 2.51. The van der Waals surface area contributed by atoms with Gasteiger partial charge < -0.3 is 20.0 Å². The Morgan fingerprint density at radius 2 is 2.13 bits per heavy atom. The molecule has 0 aliphatic carbocycles. The lowest BCUT2D eigenvalue weighted by Gasteiger charge is -2.48. The molecule has 2 aliphatic heterocycles. The zero-order chi connectivity index (χ0) is 22.4. The van der Waals surface area contributed by atoms with Crippen molar-refractivity contribution in [3.63, 3.8) is 0 Å². The number of β-lactam (4-membered cyclic amide) rings is 1. The smallest absolute Gasteiger partial charge is 0.355 e. The number of esters is 1. The number of nitrogens with two attached hydrogens (primary N) is 1. The van der Waals surface area contributed by atoms with Crippen LogP contribution in [0.4, 0.5) is 8.78 Å². The second-order valence-corrected chi connectivity index (χ2v) is 7.63. The number of ether oxygens (including phenoxy) is 2. The molecule has 1 aromatic carbocycles. The van der Waals surface area contributed by atoms with Gasteiger partial charge in [0.15, 0.2) is 0 Å². The van der Waals surface area contributed by atoms with Crippen LogP contribution in [0.3, 0.4) is 0 Å². The number of methoxy groups -OCH3 is 1. The summed E-state index contributed by atoms with van der Waals surface area (Å²) in [7, 11) is 1.55. The number of hydrogen-bond acceptors (Lipinski definition) is 8. The lowest BCUT2D eigenvalue weighted by atomic mass is 10.0. The summed E-state index contributed by atoms with van der Waals surface area (Å²) in [4.78, 5) is 31.1. The van der Waals surface area contributed by atoms with Gasteiger partial charge in [-0.2, -0.15) is 0 Å². The van der Waals surface area contributed by atoms with Crippen LogP contribution in [-0.2, 0) is 25.8 Å². The van der Waals surface area contributed by atoms with Crippen LogP contribution in [0.2, 0.25) is 0 Å². The molecule has 1 aromatic rings. The highest BCUT2D eigenvalue weighted by atomic mass is 32.2. The molecule has 0 saturated carbocycles. The van der Waals surface area contributed by atoms with Crippen molar-refractivity contribution in [3.8, 4) is 5.75 Å². The minimum absolute atomic E-state index is 0.0146. The first-order valence-electron chi connectivity index (χ1n) is 9.26. The molecule has 0 radical (unpaired) electrons. The Balaban J connectivity index is 1.71. The fraction of sp³-hybridized carbons (Fsp3) is 0.350. The van der Waals surface area contributed by atoms with E-state index in [1.54, 1.807) is 37.5 Å². The number of halogens is 2. The number of allylic oxidation sites excluding steroid dienone is 1. The summed E-state index contributed by atoms with van der Waals surface area (Å²) in [5.74, 6) is 0.0823. The molecule has 0 bridgehead atoms. The van der Waals surface area contributed by atoms with Gasteiger partial charge in [0, 0.05) is 5.75 Å². The van der Waals surface area contributed by atoms with E-state index in [4.69, 9.17) is 20.0 Å². The second kappa shape index (κ2) is 10.4. The van der Waals surface area contributed by atoms with E-state index < -0.39 is 18.4 Å². The van der Waals surface area contributed by atoms with Gasteiger partial charge in [0.1, 0.15) is 42.3 Å². The third kappa shape index (κ3) is 5.42. The van der Waals surface area contributed by atoms with Gasteiger partial charge in [0.25, 0.3) is 6.43 Å². The van der Waals surface area contributed by atoms with Crippen molar-refractivity contribution in [2.75, 3.05) is 19.5 Å². The van der Waals surface area contributed by atoms with E-state index in [1.807, 2.05) is 0 Å². The maximum absolute atomic E-state index is 12.8. The predicted molar refractivity (Wildman–Crippen MR) is 110 cm³/mol. The number of nitrogens with zero attached hydrogens (tertiary/aromatic N) is 2. The van der Waals surface area contributed by atoms with Crippen molar-refractivity contribution in [2.45, 2.75) is 24.4 Å². The molecule has 0 spiro atoms. The van der Waals surface area contributed by atoms with Crippen LogP contribution in [-0.4, -0.2) is 60.3 Å². The molecule has 11 heteroatoms. The van der Waals surface area contributed by atoms with Crippen LogP contribution in [0.1, 0.15) is 5.56 Å². The molecule has 3 rings (SSSR count). The van der Waals surface area contributed by atoms with Gasteiger partial charge in [0.2, 0.25) is 5.91 Å². The lowest BCUT2D eigenvalue weighted by Crippen LogP contribution is -2.68. The molecule has 2 heterocycles. The van der Waals surface area contributed by atoms with E-state index in [1.165, 1.54) is 22.7 Å². The number of benzene rings is 1. The molecule has 31 heavy (non-hydrogen) atoms. The van der Waals surface area contributed by atoms with E-state index in [0.717, 1.165) is 5.56 Å². The van der Waals surface area contributed by atoms with Crippen LogP contribution in [0.5, 0.6) is 5.75 Å². The number of thioether (sulfide) groups is 1. The summed E-state index contributed by atoms with van der Waals surface area (Å²) in [6.45, 7) is -0.0663. The van der Waals surface area contributed by atoms with Crippen molar-refractivity contribution >= 4 is 29.9 Å². The normalized spacial score (nSPS) is 20.9. The maximum atomic E-state index is 12.8. The Bertz CT molecular complexity index is 905. The Kier molecular flexibility index (Phi) is 7.64. The van der Waals surface area contributed by atoms with Crippen molar-refractivity contribution in [1.82, 2.24) is 4.90 Å². The first-order chi connectivity index (χ1) is 14.9. The monoisotopic (exact) mass is 453 g/mol. The number of hydrogen-bond donors (Lipinski definition) is 1. The summed E-state index contributed by atoms with van der Waals surface area (Å²) < 4.78 is 34.5. The molecule has 2 atom stereocenters. The Hall–Kier alpha value is -2.92. The van der Waals surface area contributed by atoms with Crippen molar-refractivity contribution in [3.05, 3.63) is 53.3 Å². The largest absolute Gasteiger partial charge is 0.497 e. The molecule has 0 unspecified atom stereocenters. The van der Waals surface area contributed by atoms with Crippen LogP contribution < -0.4 is 10.5 Å². The van der Waals surface area contributed by atoms with Gasteiger partial charge in [-0.25, -0.2) is 13.6 Å². The van der Waals surface area contributed by atoms with Crippen LogP contribution >= 0.6 is 11.8 Å². The molecular formula is C20H21F2N3O5S. The second-order valence-electron chi connectivity index (χ2n) is 6.52. The zero-order valence-corrected chi connectivity index (χ0v) is 17.4. The van der Waals surface area contributed by atoms with Crippen molar-refractivity contribution in [2.24, 2.45) is 10.9 Å². The van der Waals surface area contributed by atoms with Gasteiger partial charge in [-0.1, -0.05) is 23.4 Å². The van der Waals surface area contributed by atoms with Crippen LogP contribution in [0, 0.1) is 0 Å². The number of carbonyl (C=O) groups excluding carboxylic acids is 2. The summed E-state index contributed by atoms with van der Waals surface area (Å²) in [5.41, 5.74) is 7.26. The van der Waals surface area contributed by atoms with Crippen LogP contribution in [0.25, 0.3) is 0 Å². The summed E-state index contributed by atoms with van der Waals surface area (Å²) in [6.07, 6.45) is 0.769. The highest BCUT2D eigenvalue weighted by Crippen LogP contribution is 2.40. The van der Waals surface area contributed by atoms with Crippen molar-refractivity contribution < 1.29 is 32.7 Å². The quantitative estimate of drug-likeness (QED) is 0.201. The number of fused-ring (bicyclic) bond motifs is 1. The number of alkyl halides is 2. The summed E-state index contributed by atoms with van der Waals surface area (Å²) in [5, 5.41) is 2.78. The van der Waals surface area contributed by atoms with Gasteiger partial charge in [-0.05, 0) is 29.3 Å². The number of carbonyl (C=O) groups is 2. The first-order valence-corrected chi connectivity index (χ1v) is 10.3. The molecule has 166 valence electrons. The minimum Gasteiger partial charge on any atom is -0.497 e. The minimum atomic E-state index is -2.70. The fourth-order valence-electron chi connectivity index (χ4n) is 2.96. The van der Waals surface area contributed by atoms with E-state index in [-0.39, 0.29) is 30.2 Å². The maximum Gasteiger partial charge on any atom is 0.355 e. The summed E-state index contributed by atoms with van der Waals surface area (Å²) >= 11 is 1.42. The van der Waals surface area contributed by atoms with Gasteiger partial charge in [0.05, 0.1) is 7.11 Å². The highest BCUT2D eigenvalue weighted by molar-refractivity contribution is 8.00. The van der Waals surface area contributed by atoms with Crippen molar-refractivity contribution in [1.29, 1.82) is 0 Å². The Labute approximate surface area is 181 Å². The molecule has 0 aromatic heterocycles. The topological polar surface area (TPSA) is 103 Å². The first kappa shape index (κ1) is 22.8. The SMILES string of the molecule is COc1ccc(COC(=O)C2=C(/C=C\CON=CC(F)F)CS[C@@H]3[C@H](N)C(=O)N23)cc1. The van der Waals surface area contributed by atoms with Gasteiger partial charge >= 0.3 is 5.97 Å². The molecule has 8 nitrogen and oxygen atoms in total. The number of oxime groups is 1. The average molecular weight is 453 g/mol. The van der Waals surface area contributed by atoms with Gasteiger partial charge in [-0.15, -0.1) is 11.8 Å². The van der Waals surface area contributed by atoms with E-state index in [9.17, 15) is 18.4 Å². The third-order valence-electron chi connectivity index (χ3n) is 4.50. The zero-order valence-electron chi connectivity index (χ0n) is 16.6. The molecule has 1 amide bonds. The molecule has 1 fully saturated rings. The lowest BCUT2D eigenvalue weighted by molar-refractivity contribution is -0.151. The summed E-state index contributed by atoms with van der Waals surface area (Å²) in [6, 6.07) is 6.36. The van der Waals surface area contributed by atoms with E-state index >= 15 is 0 Å². The average Bonchev–Trinajstić information content (AvgIpc) is 2.78. The molecule has 2 aliphatic rings. The van der Waals surface area contributed by atoms with Gasteiger partial charge in [-0.3, -0.25) is 9.69 Å². The van der Waals surface area contributed by atoms with E-state index in [2.05, 4.69) is 5.16 Å². The number of amides is 1. The predicted octanol–water partition coefficient (Wildman–Crippen LogP) is 2.06. The molecule has 2 N–H and O–H groups in total. The third-order valence-corrected chi connectivity index (χ3v) is 5.82.